The van der Waals surface area contributed by atoms with Crippen molar-refractivity contribution in [1.29, 1.82) is 0 Å². The highest BCUT2D eigenvalue weighted by atomic mass is 16.2. The van der Waals surface area contributed by atoms with Gasteiger partial charge in [-0.3, -0.25) is 19.1 Å². The van der Waals surface area contributed by atoms with E-state index >= 15 is 0 Å². The minimum atomic E-state index is -0.388. The van der Waals surface area contributed by atoms with Gasteiger partial charge in [-0.2, -0.15) is 5.10 Å². The third kappa shape index (κ3) is 6.35. The molecule has 0 unspecified atom stereocenters. The summed E-state index contributed by atoms with van der Waals surface area (Å²) in [5, 5.41) is 9.96. The van der Waals surface area contributed by atoms with E-state index in [4.69, 9.17) is 0 Å². The summed E-state index contributed by atoms with van der Waals surface area (Å²) in [6, 6.07) is 19.5. The molecule has 0 saturated heterocycles. The van der Waals surface area contributed by atoms with Gasteiger partial charge in [0.2, 0.25) is 5.91 Å². The Morgan fingerprint density at radius 3 is 2.54 bits per heavy atom. The van der Waals surface area contributed by atoms with Gasteiger partial charge in [-0.1, -0.05) is 54.6 Å². The predicted octanol–water partition coefficient (Wildman–Crippen LogP) is 2.72. The van der Waals surface area contributed by atoms with Gasteiger partial charge in [0, 0.05) is 45.2 Å². The third-order valence-corrected chi connectivity index (χ3v) is 6.16. The molecule has 0 spiro atoms. The molecular weight excluding hydrogens is 442 g/mol. The summed E-state index contributed by atoms with van der Waals surface area (Å²) in [7, 11) is 0. The van der Waals surface area contributed by atoms with Gasteiger partial charge in [0.05, 0.1) is 0 Å². The Morgan fingerprint density at radius 1 is 0.971 bits per heavy atom. The molecule has 3 amide bonds. The highest BCUT2D eigenvalue weighted by Gasteiger charge is 2.26. The Labute approximate surface area is 205 Å². The molecule has 8 heteroatoms. The maximum absolute atomic E-state index is 13.2. The zero-order chi connectivity index (χ0) is 24.6. The first-order chi connectivity index (χ1) is 17.0. The van der Waals surface area contributed by atoms with Gasteiger partial charge in [0.1, 0.15) is 5.69 Å². The third-order valence-electron chi connectivity index (χ3n) is 6.16. The molecule has 0 aliphatic carbocycles. The number of amides is 3. The van der Waals surface area contributed by atoms with Crippen LogP contribution < -0.4 is 10.6 Å². The lowest BCUT2D eigenvalue weighted by Gasteiger charge is -2.21. The summed E-state index contributed by atoms with van der Waals surface area (Å²) >= 11 is 0. The molecule has 1 aliphatic heterocycles. The van der Waals surface area contributed by atoms with Crippen LogP contribution in [0.1, 0.15) is 50.5 Å². The van der Waals surface area contributed by atoms with Crippen LogP contribution in [-0.2, 0) is 24.3 Å². The minimum Gasteiger partial charge on any atom is -0.356 e. The normalized spacial score (nSPS) is 13.2. The minimum absolute atomic E-state index is 0.121. The lowest BCUT2D eigenvalue weighted by molar-refractivity contribution is -0.120. The van der Waals surface area contributed by atoms with E-state index in [1.807, 2.05) is 66.4 Å². The van der Waals surface area contributed by atoms with E-state index in [1.54, 1.807) is 10.7 Å². The van der Waals surface area contributed by atoms with Crippen molar-refractivity contribution >= 4 is 17.7 Å². The molecule has 1 aliphatic rings. The van der Waals surface area contributed by atoms with Crippen LogP contribution in [0.15, 0.2) is 60.7 Å². The van der Waals surface area contributed by atoms with Gasteiger partial charge in [0.25, 0.3) is 11.8 Å². The molecule has 35 heavy (non-hydrogen) atoms. The lowest BCUT2D eigenvalue weighted by atomic mass is 10.1. The molecule has 2 N–H and O–H groups in total. The van der Waals surface area contributed by atoms with Crippen LogP contribution >= 0.6 is 0 Å². The summed E-state index contributed by atoms with van der Waals surface area (Å²) in [5.41, 5.74) is 4.01. The molecule has 1 aromatic heterocycles. The van der Waals surface area contributed by atoms with E-state index in [0.717, 1.165) is 29.5 Å². The molecule has 0 fully saturated rings. The summed E-state index contributed by atoms with van der Waals surface area (Å²) in [6.07, 6.45) is 1.70. The van der Waals surface area contributed by atoms with Crippen molar-refractivity contribution in [1.82, 2.24) is 25.3 Å². The van der Waals surface area contributed by atoms with Crippen LogP contribution in [0.3, 0.4) is 0 Å². The number of aromatic nitrogens is 2. The molecule has 2 heterocycles. The van der Waals surface area contributed by atoms with E-state index in [0.29, 0.717) is 31.9 Å². The maximum atomic E-state index is 13.2. The van der Waals surface area contributed by atoms with Gasteiger partial charge >= 0.3 is 0 Å². The second-order valence-corrected chi connectivity index (χ2v) is 8.74. The lowest BCUT2D eigenvalue weighted by Crippen LogP contribution is -2.32. The van der Waals surface area contributed by atoms with Crippen molar-refractivity contribution < 1.29 is 14.4 Å². The molecule has 0 atom stereocenters. The number of carbonyl (C=O) groups is 3. The first-order valence-corrected chi connectivity index (χ1v) is 12.0. The fraction of sp³-hybridized carbons (Fsp3) is 0.333. The van der Waals surface area contributed by atoms with E-state index in [9.17, 15) is 14.4 Å². The Bertz CT molecular complexity index is 1190. The number of rotatable bonds is 9. The number of carbonyl (C=O) groups excluding carboxylic acids is 3. The summed E-state index contributed by atoms with van der Waals surface area (Å²) in [6.45, 7) is 4.52. The second kappa shape index (κ2) is 11.5. The maximum Gasteiger partial charge on any atom is 0.272 e. The number of hydrogen-bond donors (Lipinski definition) is 2. The van der Waals surface area contributed by atoms with Crippen LogP contribution in [0.4, 0.5) is 0 Å². The monoisotopic (exact) mass is 473 g/mol. The molecule has 0 radical (unpaired) electrons. The zero-order valence-corrected chi connectivity index (χ0v) is 20.0. The van der Waals surface area contributed by atoms with Crippen molar-refractivity contribution in [2.24, 2.45) is 0 Å². The Kier molecular flexibility index (Phi) is 7.92. The van der Waals surface area contributed by atoms with Crippen molar-refractivity contribution in [3.05, 3.63) is 88.7 Å². The number of fused-ring (bicyclic) bond motifs is 1. The number of nitrogens with one attached hydrogen (secondary N) is 2. The highest BCUT2D eigenvalue weighted by Crippen LogP contribution is 2.18. The van der Waals surface area contributed by atoms with E-state index in [1.165, 1.54) is 0 Å². The van der Waals surface area contributed by atoms with Crippen LogP contribution in [-0.4, -0.2) is 52.0 Å². The molecule has 3 aromatic rings. The number of aryl methyl sites for hydroxylation is 2. The Morgan fingerprint density at radius 2 is 1.74 bits per heavy atom. The summed E-state index contributed by atoms with van der Waals surface area (Å²) in [4.78, 5) is 39.7. The molecule has 8 nitrogen and oxygen atoms in total. The van der Waals surface area contributed by atoms with Crippen LogP contribution in [0, 0.1) is 6.92 Å². The van der Waals surface area contributed by atoms with Crippen molar-refractivity contribution in [3.8, 4) is 0 Å². The predicted molar refractivity (Wildman–Crippen MR) is 133 cm³/mol. The number of hydrogen-bond acceptors (Lipinski definition) is 4. The SMILES string of the molecule is Cc1ccccc1CN1CCCn2nc(C(=O)NCCC(=O)NCCc3ccccc3)cc2C1=O. The second-order valence-electron chi connectivity index (χ2n) is 8.74. The molecule has 182 valence electrons. The topological polar surface area (TPSA) is 96.3 Å². The van der Waals surface area contributed by atoms with Crippen LogP contribution in [0.5, 0.6) is 0 Å². The highest BCUT2D eigenvalue weighted by molar-refractivity contribution is 5.98. The summed E-state index contributed by atoms with van der Waals surface area (Å²) in [5.74, 6) is -0.639. The molecule has 4 rings (SSSR count). The fourth-order valence-corrected chi connectivity index (χ4v) is 4.15. The van der Waals surface area contributed by atoms with Gasteiger partial charge < -0.3 is 15.5 Å². The van der Waals surface area contributed by atoms with E-state index < -0.39 is 0 Å². The van der Waals surface area contributed by atoms with Gasteiger partial charge in [-0.05, 0) is 36.5 Å². The van der Waals surface area contributed by atoms with Crippen LogP contribution in [0.2, 0.25) is 0 Å². The smallest absolute Gasteiger partial charge is 0.272 e. The van der Waals surface area contributed by atoms with Crippen molar-refractivity contribution in [2.75, 3.05) is 19.6 Å². The van der Waals surface area contributed by atoms with E-state index in [-0.39, 0.29) is 36.4 Å². The molecule has 2 aromatic carbocycles. The number of nitrogens with zero attached hydrogens (tertiary/aromatic N) is 3. The Hall–Kier alpha value is -3.94. The van der Waals surface area contributed by atoms with Gasteiger partial charge in [-0.15, -0.1) is 0 Å². The largest absolute Gasteiger partial charge is 0.356 e. The van der Waals surface area contributed by atoms with Gasteiger partial charge in [0.15, 0.2) is 5.69 Å². The van der Waals surface area contributed by atoms with Gasteiger partial charge in [-0.25, -0.2) is 0 Å². The first kappa shape index (κ1) is 24.2. The average molecular weight is 474 g/mol. The molecule has 0 bridgehead atoms. The quantitative estimate of drug-likeness (QED) is 0.500. The van der Waals surface area contributed by atoms with E-state index in [2.05, 4.69) is 15.7 Å². The van der Waals surface area contributed by atoms with Crippen molar-refractivity contribution in [2.45, 2.75) is 39.3 Å². The molecule has 0 saturated carbocycles. The van der Waals surface area contributed by atoms with Crippen molar-refractivity contribution in [3.63, 3.8) is 0 Å². The van der Waals surface area contributed by atoms with Crippen LogP contribution in [0.25, 0.3) is 0 Å². The molecular formula is C27H31N5O3. The first-order valence-electron chi connectivity index (χ1n) is 12.0. The summed E-state index contributed by atoms with van der Waals surface area (Å²) < 4.78 is 1.62. The zero-order valence-electron chi connectivity index (χ0n) is 20.0. The Balaban J connectivity index is 1.27. The average Bonchev–Trinajstić information content (AvgIpc) is 3.23. The fourth-order valence-electron chi connectivity index (χ4n) is 4.15. The number of benzene rings is 2. The standard InChI is InChI=1S/C27H31N5O3/c1-20-8-5-6-11-22(20)19-31-16-7-17-32-24(27(31)35)18-23(30-32)26(34)29-15-13-25(33)28-14-12-21-9-3-2-4-10-21/h2-6,8-11,18H,7,12-17,19H2,1H3,(H,28,33)(H,29,34).